The van der Waals surface area contributed by atoms with Gasteiger partial charge in [-0.05, 0) is 123 Å². The Morgan fingerprint density at radius 1 is 0.380 bits per heavy atom. The van der Waals surface area contributed by atoms with Crippen LogP contribution in [0.5, 0.6) is 0 Å². The van der Waals surface area contributed by atoms with E-state index in [1.54, 1.807) is 0 Å². The number of rotatable bonds is 6. The van der Waals surface area contributed by atoms with E-state index < -0.39 is 0 Å². The van der Waals surface area contributed by atoms with Gasteiger partial charge in [0.15, 0.2) is 0 Å². The fourth-order valence-corrected chi connectivity index (χ4v) is 7.15. The summed E-state index contributed by atoms with van der Waals surface area (Å²) in [5.74, 6) is 0. The molecule has 4 nitrogen and oxygen atoms in total. The van der Waals surface area contributed by atoms with E-state index in [1.165, 1.54) is 22.3 Å². The lowest BCUT2D eigenvalue weighted by molar-refractivity contribution is 1.27. The number of hydrogen-bond donors (Lipinski definition) is 0. The molecular formula is C46H34N4. The summed E-state index contributed by atoms with van der Waals surface area (Å²) in [7, 11) is 0. The molecule has 1 aliphatic rings. The second-order valence-corrected chi connectivity index (χ2v) is 13.2. The lowest BCUT2D eigenvalue weighted by Crippen LogP contribution is -2.11. The largest absolute Gasteiger partial charge is 0.310 e. The number of aryl methyl sites for hydroxylation is 4. The highest BCUT2D eigenvalue weighted by atomic mass is 15.1. The number of anilines is 6. The molecule has 4 heteroatoms. The van der Waals surface area contributed by atoms with Crippen molar-refractivity contribution in [2.24, 2.45) is 0 Å². The molecule has 8 rings (SSSR count). The molecule has 7 aromatic carbocycles. The third kappa shape index (κ3) is 5.07. The van der Waals surface area contributed by atoms with E-state index in [2.05, 4.69) is 177 Å². The van der Waals surface area contributed by atoms with Gasteiger partial charge in [-0.3, -0.25) is 0 Å². The predicted molar refractivity (Wildman–Crippen MR) is 206 cm³/mol. The summed E-state index contributed by atoms with van der Waals surface area (Å²) in [4.78, 5) is 4.48. The van der Waals surface area contributed by atoms with Gasteiger partial charge < -0.3 is 9.80 Å². The Bertz CT molecular complexity index is 2420. The van der Waals surface area contributed by atoms with Gasteiger partial charge in [-0.2, -0.15) is 10.5 Å². The summed E-state index contributed by atoms with van der Waals surface area (Å²) >= 11 is 0. The van der Waals surface area contributed by atoms with Gasteiger partial charge in [0.25, 0.3) is 0 Å². The lowest BCUT2D eigenvalue weighted by atomic mass is 9.92. The number of nitrogens with zero attached hydrogens (tertiary/aromatic N) is 4. The topological polar surface area (TPSA) is 54.1 Å². The molecule has 0 bridgehead atoms. The Balaban J connectivity index is 1.38. The third-order valence-electron chi connectivity index (χ3n) is 9.74. The van der Waals surface area contributed by atoms with Crippen molar-refractivity contribution < 1.29 is 0 Å². The molecule has 0 heterocycles. The molecule has 0 saturated heterocycles. The van der Waals surface area contributed by atoms with Crippen molar-refractivity contribution in [3.63, 3.8) is 0 Å². The van der Waals surface area contributed by atoms with Crippen LogP contribution in [0, 0.1) is 50.4 Å². The zero-order valence-corrected chi connectivity index (χ0v) is 28.5. The van der Waals surface area contributed by atoms with Crippen LogP contribution in [-0.4, -0.2) is 0 Å². The van der Waals surface area contributed by atoms with Gasteiger partial charge in [0.05, 0.1) is 16.8 Å². The molecule has 0 aliphatic heterocycles. The van der Waals surface area contributed by atoms with Crippen molar-refractivity contribution in [2.45, 2.75) is 27.7 Å². The molecule has 238 valence electrons. The molecular weight excluding hydrogens is 609 g/mol. The maximum Gasteiger partial charge on any atom is 0.101 e. The van der Waals surface area contributed by atoms with Gasteiger partial charge in [-0.1, -0.05) is 82.9 Å². The van der Waals surface area contributed by atoms with Crippen LogP contribution in [0.1, 0.15) is 33.4 Å². The van der Waals surface area contributed by atoms with E-state index in [1.807, 2.05) is 6.07 Å². The molecule has 0 saturated carbocycles. The minimum absolute atomic E-state index is 0.369. The summed E-state index contributed by atoms with van der Waals surface area (Å²) in [6.45, 7) is 8.36. The molecule has 0 amide bonds. The van der Waals surface area contributed by atoms with Gasteiger partial charge in [0.1, 0.15) is 12.1 Å². The Morgan fingerprint density at radius 3 is 1.28 bits per heavy atom. The Kier molecular flexibility index (Phi) is 7.44. The smallest absolute Gasteiger partial charge is 0.101 e. The van der Waals surface area contributed by atoms with E-state index in [9.17, 15) is 10.5 Å². The van der Waals surface area contributed by atoms with Crippen LogP contribution in [0.15, 0.2) is 133 Å². The van der Waals surface area contributed by atoms with Crippen molar-refractivity contribution in [1.29, 1.82) is 10.5 Å². The van der Waals surface area contributed by atoms with Crippen LogP contribution in [0.2, 0.25) is 0 Å². The third-order valence-corrected chi connectivity index (χ3v) is 9.74. The first-order chi connectivity index (χ1) is 24.3. The van der Waals surface area contributed by atoms with Gasteiger partial charge in [-0.25, -0.2) is 0 Å². The molecule has 7 aromatic rings. The Hall–Kier alpha value is -6.62. The minimum atomic E-state index is 0.369. The number of hydrogen-bond acceptors (Lipinski definition) is 4. The van der Waals surface area contributed by atoms with Gasteiger partial charge >= 0.3 is 0 Å². The molecule has 0 atom stereocenters. The van der Waals surface area contributed by atoms with E-state index in [0.29, 0.717) is 11.1 Å². The van der Waals surface area contributed by atoms with Crippen molar-refractivity contribution in [3.8, 4) is 34.4 Å². The number of nitriles is 2. The van der Waals surface area contributed by atoms with Gasteiger partial charge in [0.2, 0.25) is 0 Å². The van der Waals surface area contributed by atoms with Crippen molar-refractivity contribution in [1.82, 2.24) is 0 Å². The molecule has 0 radical (unpaired) electrons. The SMILES string of the molecule is Cc1ccc(N(c2ccc(C)cc2)c2ccc3c(c2)-c2cc(C#N)c(C#N)c4c(N(c5ccc(C)cc5)c5ccc(C)cc5)ccc-3c24)cc1. The highest BCUT2D eigenvalue weighted by Gasteiger charge is 2.29. The van der Waals surface area contributed by atoms with Crippen LogP contribution in [0.4, 0.5) is 34.1 Å². The molecule has 1 aliphatic carbocycles. The second kappa shape index (κ2) is 12.1. The standard InChI is InChI=1S/C46H34N4/c1-29-5-13-34(14-6-29)49(35-15-7-30(2)8-16-35)38-21-22-39-40-23-24-44(46-43(28-48)33(27-47)25-42(45(40)46)41(39)26-38)50(36-17-9-31(3)10-18-36)37-19-11-32(4)12-20-37/h5-26H,1-4H3. The summed E-state index contributed by atoms with van der Waals surface area (Å²) in [5, 5.41) is 22.9. The second-order valence-electron chi connectivity index (χ2n) is 13.2. The van der Waals surface area contributed by atoms with Crippen LogP contribution < -0.4 is 9.80 Å². The first-order valence-corrected chi connectivity index (χ1v) is 16.8. The van der Waals surface area contributed by atoms with Gasteiger partial charge in [-0.15, -0.1) is 0 Å². The first-order valence-electron chi connectivity index (χ1n) is 16.8. The average molecular weight is 643 g/mol. The normalized spacial score (nSPS) is 11.2. The molecule has 0 N–H and O–H groups in total. The molecule has 50 heavy (non-hydrogen) atoms. The molecule has 0 fully saturated rings. The summed E-state index contributed by atoms with van der Waals surface area (Å²) < 4.78 is 0. The van der Waals surface area contributed by atoms with E-state index >= 15 is 0 Å². The highest BCUT2D eigenvalue weighted by Crippen LogP contribution is 2.54. The fourth-order valence-electron chi connectivity index (χ4n) is 7.15. The van der Waals surface area contributed by atoms with Crippen molar-refractivity contribution >= 4 is 44.9 Å². The Labute approximate surface area is 293 Å². The number of benzene rings is 7. The van der Waals surface area contributed by atoms with E-state index in [0.717, 1.165) is 67.2 Å². The Morgan fingerprint density at radius 2 is 0.820 bits per heavy atom. The summed E-state index contributed by atoms with van der Waals surface area (Å²) in [5.41, 5.74) is 15.6. The number of fused-ring (bicyclic) bond motifs is 3. The zero-order valence-electron chi connectivity index (χ0n) is 28.5. The summed E-state index contributed by atoms with van der Waals surface area (Å²) in [6, 6.07) is 51.6. The minimum Gasteiger partial charge on any atom is -0.310 e. The quantitative estimate of drug-likeness (QED) is 0.181. The van der Waals surface area contributed by atoms with E-state index in [4.69, 9.17) is 0 Å². The molecule has 0 unspecified atom stereocenters. The van der Waals surface area contributed by atoms with Crippen molar-refractivity contribution in [3.05, 3.63) is 167 Å². The van der Waals surface area contributed by atoms with Gasteiger partial charge in [0, 0.05) is 39.2 Å². The summed E-state index contributed by atoms with van der Waals surface area (Å²) in [6.07, 6.45) is 0. The fraction of sp³-hybridized carbons (Fsp3) is 0.0870. The predicted octanol–water partition coefficient (Wildman–Crippen LogP) is 12.4. The maximum atomic E-state index is 10.7. The van der Waals surface area contributed by atoms with Crippen LogP contribution in [-0.2, 0) is 0 Å². The van der Waals surface area contributed by atoms with Crippen LogP contribution in [0.3, 0.4) is 0 Å². The van der Waals surface area contributed by atoms with Crippen LogP contribution in [0.25, 0.3) is 33.0 Å². The average Bonchev–Trinajstić information content (AvgIpc) is 3.45. The monoisotopic (exact) mass is 642 g/mol. The van der Waals surface area contributed by atoms with Crippen LogP contribution >= 0.6 is 0 Å². The molecule has 0 aromatic heterocycles. The van der Waals surface area contributed by atoms with Crippen molar-refractivity contribution in [2.75, 3.05) is 9.80 Å². The van der Waals surface area contributed by atoms with E-state index in [-0.39, 0.29) is 0 Å². The lowest BCUT2D eigenvalue weighted by Gasteiger charge is -2.28. The zero-order chi connectivity index (χ0) is 34.5. The highest BCUT2D eigenvalue weighted by molar-refractivity contribution is 6.21. The molecule has 0 spiro atoms. The maximum absolute atomic E-state index is 10.7. The first kappa shape index (κ1) is 30.7.